The summed E-state index contributed by atoms with van der Waals surface area (Å²) in [6.45, 7) is 7.62. The quantitative estimate of drug-likeness (QED) is 0.261. The Balaban J connectivity index is 3.05. The van der Waals surface area contributed by atoms with Gasteiger partial charge < -0.3 is 9.30 Å². The summed E-state index contributed by atoms with van der Waals surface area (Å²) in [6.07, 6.45) is 1.33. The smallest absolute Gasteiger partial charge is 0.337 e. The fourth-order valence-corrected chi connectivity index (χ4v) is 3.29. The van der Waals surface area contributed by atoms with Crippen molar-refractivity contribution in [2.24, 2.45) is 0 Å². The predicted molar refractivity (Wildman–Crippen MR) is 96.9 cm³/mol. The van der Waals surface area contributed by atoms with Gasteiger partial charge in [-0.3, -0.25) is 4.55 Å². The van der Waals surface area contributed by atoms with E-state index in [1.54, 1.807) is 24.3 Å². The Hall–Kier alpha value is -1.64. The van der Waals surface area contributed by atoms with Gasteiger partial charge in [-0.2, -0.15) is 8.42 Å². The van der Waals surface area contributed by atoms with Gasteiger partial charge in [0.2, 0.25) is 0 Å². The molecule has 0 bridgehead atoms. The van der Waals surface area contributed by atoms with E-state index in [9.17, 15) is 17.8 Å². The summed E-state index contributed by atoms with van der Waals surface area (Å²) in [5, 5.41) is -1.01. The lowest BCUT2D eigenvalue weighted by Gasteiger charge is -2.35. The second kappa shape index (κ2) is 7.95. The average molecular weight is 372 g/mol. The summed E-state index contributed by atoms with van der Waals surface area (Å²) in [4.78, 5) is 12.2. The molecule has 0 saturated carbocycles. The van der Waals surface area contributed by atoms with Crippen LogP contribution in [0, 0.1) is 0 Å². The van der Waals surface area contributed by atoms with Crippen molar-refractivity contribution in [2.75, 3.05) is 7.05 Å². The van der Waals surface area contributed by atoms with E-state index in [1.165, 1.54) is 13.0 Å². The molecule has 1 aromatic carbocycles. The molecule has 0 radical (unpaired) electrons. The molecule has 0 heterocycles. The maximum atomic E-state index is 12.2. The molecule has 0 aromatic heterocycles. The van der Waals surface area contributed by atoms with Crippen LogP contribution >= 0.6 is 0 Å². The largest absolute Gasteiger partial charge is 0.423 e. The number of carbonyl (C=O) groups is 1. The van der Waals surface area contributed by atoms with Gasteiger partial charge in [0.05, 0.1) is 5.25 Å². The minimum Gasteiger partial charge on any atom is -0.423 e. The molecular weight excluding hydrogens is 346 g/mol. The second-order valence-corrected chi connectivity index (χ2v) is 13.5. The van der Waals surface area contributed by atoms with E-state index >= 15 is 0 Å². The van der Waals surface area contributed by atoms with E-state index in [4.69, 9.17) is 4.74 Å². The highest BCUT2D eigenvalue weighted by Gasteiger charge is 2.27. The molecule has 6 nitrogen and oxygen atoms in total. The lowest BCUT2D eigenvalue weighted by molar-refractivity contribution is -0.129. The Kier molecular flexibility index (Phi) is 6.76. The number of nitrogens with zero attached hydrogens (tertiary/aromatic N) is 1. The summed E-state index contributed by atoms with van der Waals surface area (Å²) in [6, 6.07) is 8.64. The predicted octanol–water partition coefficient (Wildman–Crippen LogP) is 2.91. The third-order valence-electron chi connectivity index (χ3n) is 3.69. The van der Waals surface area contributed by atoms with Gasteiger partial charge in [-0.15, -0.1) is 0 Å². The zero-order chi connectivity index (χ0) is 18.5. The van der Waals surface area contributed by atoms with Crippen LogP contribution in [-0.4, -0.2) is 44.0 Å². The standard InChI is InChI=1S/C16H25NO5SSi/c1-13(23(19,20)21)11-14(17(2)24(3,4)5)12-16(18)22-15-9-7-6-8-10-15/h6-10,12-13H,11H2,1-5H3,(H,19,20,21). The molecule has 0 amide bonds. The molecule has 0 spiro atoms. The van der Waals surface area contributed by atoms with E-state index in [0.717, 1.165) is 0 Å². The van der Waals surface area contributed by atoms with Crippen LogP contribution in [0.5, 0.6) is 5.75 Å². The summed E-state index contributed by atoms with van der Waals surface area (Å²) < 4.78 is 39.0. The molecule has 0 aliphatic heterocycles. The number of ether oxygens (including phenoxy) is 1. The maximum absolute atomic E-state index is 12.2. The topological polar surface area (TPSA) is 83.9 Å². The number of hydrogen-bond donors (Lipinski definition) is 1. The number of rotatable bonds is 7. The van der Waals surface area contributed by atoms with Gasteiger partial charge in [-0.25, -0.2) is 4.79 Å². The van der Waals surface area contributed by atoms with Gasteiger partial charge in [-0.1, -0.05) is 37.8 Å². The van der Waals surface area contributed by atoms with Gasteiger partial charge in [0.15, 0.2) is 0 Å². The number of esters is 1. The van der Waals surface area contributed by atoms with Crippen molar-refractivity contribution in [1.29, 1.82) is 0 Å². The van der Waals surface area contributed by atoms with E-state index in [1.807, 2.05) is 17.7 Å². The number of carbonyl (C=O) groups excluding carboxylic acids is 1. The first kappa shape index (κ1) is 20.4. The zero-order valence-electron chi connectivity index (χ0n) is 14.7. The van der Waals surface area contributed by atoms with E-state index in [2.05, 4.69) is 19.6 Å². The Bertz CT molecular complexity index is 695. The number of benzene rings is 1. The fourth-order valence-electron chi connectivity index (χ4n) is 1.89. The first-order chi connectivity index (χ1) is 10.9. The van der Waals surface area contributed by atoms with Crippen LogP contribution in [0.4, 0.5) is 0 Å². The summed E-state index contributed by atoms with van der Waals surface area (Å²) in [7, 11) is -4.18. The molecular formula is C16H25NO5SSi. The first-order valence-electron chi connectivity index (χ1n) is 7.59. The van der Waals surface area contributed by atoms with Crippen molar-refractivity contribution >= 4 is 24.3 Å². The summed E-state index contributed by atoms with van der Waals surface area (Å²) in [5.74, 6) is -0.166. The maximum Gasteiger partial charge on any atom is 0.337 e. The minimum atomic E-state index is -4.18. The van der Waals surface area contributed by atoms with Gasteiger partial charge >= 0.3 is 5.97 Å². The van der Waals surface area contributed by atoms with E-state index in [-0.39, 0.29) is 6.42 Å². The van der Waals surface area contributed by atoms with Crippen molar-refractivity contribution in [3.05, 3.63) is 42.1 Å². The van der Waals surface area contributed by atoms with Gasteiger partial charge in [-0.05, 0) is 26.1 Å². The number of allylic oxidation sites excluding steroid dienone is 1. The van der Waals surface area contributed by atoms with Crippen LogP contribution in [0.15, 0.2) is 42.1 Å². The number of hydrogen-bond acceptors (Lipinski definition) is 5. The van der Waals surface area contributed by atoms with E-state index < -0.39 is 29.6 Å². The highest BCUT2D eigenvalue weighted by atomic mass is 32.2. The van der Waals surface area contributed by atoms with Crippen LogP contribution in [0.25, 0.3) is 0 Å². The highest BCUT2D eigenvalue weighted by molar-refractivity contribution is 7.86. The second-order valence-electron chi connectivity index (χ2n) is 6.63. The van der Waals surface area contributed by atoms with Gasteiger partial charge in [0.25, 0.3) is 10.1 Å². The van der Waals surface area contributed by atoms with Crippen molar-refractivity contribution in [3.8, 4) is 5.75 Å². The minimum absolute atomic E-state index is 0.0312. The molecule has 1 rings (SSSR count). The molecule has 1 unspecified atom stereocenters. The molecule has 0 aliphatic carbocycles. The Labute approximate surface area is 145 Å². The summed E-state index contributed by atoms with van der Waals surface area (Å²) >= 11 is 0. The lowest BCUT2D eigenvalue weighted by atomic mass is 10.2. The first-order valence-corrected chi connectivity index (χ1v) is 12.5. The number of para-hydroxylation sites is 1. The van der Waals surface area contributed by atoms with Crippen molar-refractivity contribution in [3.63, 3.8) is 0 Å². The van der Waals surface area contributed by atoms with Crippen molar-refractivity contribution < 1.29 is 22.5 Å². The fraction of sp³-hybridized carbons (Fsp3) is 0.438. The van der Waals surface area contributed by atoms with Gasteiger partial charge in [0, 0.05) is 18.2 Å². The van der Waals surface area contributed by atoms with Gasteiger partial charge in [0.1, 0.15) is 14.0 Å². The Morgan fingerprint density at radius 1 is 1.29 bits per heavy atom. The molecule has 8 heteroatoms. The molecule has 134 valence electrons. The lowest BCUT2D eigenvalue weighted by Crippen LogP contribution is -2.43. The van der Waals surface area contributed by atoms with Crippen LogP contribution in [0.1, 0.15) is 13.3 Å². The SMILES string of the molecule is CC(CC(=CC(=O)Oc1ccccc1)N(C)[Si](C)(C)C)S(=O)(=O)O. The monoisotopic (exact) mass is 371 g/mol. The summed E-state index contributed by atoms with van der Waals surface area (Å²) in [5.41, 5.74) is 0.528. The molecule has 1 atom stereocenters. The van der Waals surface area contributed by atoms with Crippen LogP contribution in [0.2, 0.25) is 19.6 Å². The highest BCUT2D eigenvalue weighted by Crippen LogP contribution is 2.21. The normalized spacial score (nSPS) is 14.2. The molecule has 0 saturated heterocycles. The van der Waals surface area contributed by atoms with Crippen LogP contribution < -0.4 is 4.74 Å². The molecule has 0 aliphatic rings. The Morgan fingerprint density at radius 2 is 1.83 bits per heavy atom. The molecule has 0 fully saturated rings. The third-order valence-corrected chi connectivity index (χ3v) is 7.17. The molecule has 1 aromatic rings. The third kappa shape index (κ3) is 6.46. The molecule has 24 heavy (non-hydrogen) atoms. The molecule has 1 N–H and O–H groups in total. The van der Waals surface area contributed by atoms with Crippen molar-refractivity contribution in [2.45, 2.75) is 38.2 Å². The van der Waals surface area contributed by atoms with Crippen molar-refractivity contribution in [1.82, 2.24) is 4.57 Å². The van der Waals surface area contributed by atoms with Crippen LogP contribution in [-0.2, 0) is 14.9 Å². The average Bonchev–Trinajstić information content (AvgIpc) is 2.44. The van der Waals surface area contributed by atoms with E-state index in [0.29, 0.717) is 11.4 Å². The zero-order valence-corrected chi connectivity index (χ0v) is 16.5. The Morgan fingerprint density at radius 3 is 2.29 bits per heavy atom. The van der Waals surface area contributed by atoms with Crippen LogP contribution in [0.3, 0.4) is 0 Å².